The minimum Gasteiger partial charge on any atom is -0.357 e. The maximum absolute atomic E-state index is 13.5. The van der Waals surface area contributed by atoms with Gasteiger partial charge in [0.25, 0.3) is 0 Å². The summed E-state index contributed by atoms with van der Waals surface area (Å²) in [6, 6.07) is 10.5. The molecule has 0 radical (unpaired) electrons. The zero-order valence-electron chi connectivity index (χ0n) is 17.8. The average molecular weight is 442 g/mol. The second kappa shape index (κ2) is 8.81. The van der Waals surface area contributed by atoms with E-state index in [4.69, 9.17) is 5.26 Å². The van der Waals surface area contributed by atoms with Crippen molar-refractivity contribution in [3.8, 4) is 6.07 Å². The van der Waals surface area contributed by atoms with Gasteiger partial charge >= 0.3 is 6.18 Å². The number of alkyl halides is 3. The van der Waals surface area contributed by atoms with Crippen LogP contribution >= 0.6 is 0 Å². The maximum atomic E-state index is 13.5. The van der Waals surface area contributed by atoms with E-state index in [9.17, 15) is 18.0 Å². The molecule has 2 aliphatic rings. The number of carbonyl (C=O) groups excluding carboxylic acids is 1. The molecule has 4 rings (SSSR count). The Bertz CT molecular complexity index is 1000. The number of hydrogen-bond donors (Lipinski definition) is 0. The van der Waals surface area contributed by atoms with Crippen molar-refractivity contribution >= 4 is 17.4 Å². The molecule has 2 fully saturated rings. The Morgan fingerprint density at radius 1 is 1.19 bits per heavy atom. The van der Waals surface area contributed by atoms with Gasteiger partial charge in [-0.15, -0.1) is 0 Å². The summed E-state index contributed by atoms with van der Waals surface area (Å²) in [6.07, 6.45) is 0.270. The van der Waals surface area contributed by atoms with Crippen molar-refractivity contribution in [2.45, 2.75) is 44.8 Å². The van der Waals surface area contributed by atoms with Crippen LogP contribution in [-0.2, 0) is 11.0 Å². The number of piperidine rings is 1. The minimum atomic E-state index is -4.45. The number of benzene rings is 1. The highest BCUT2D eigenvalue weighted by Crippen LogP contribution is 2.40. The summed E-state index contributed by atoms with van der Waals surface area (Å²) in [5, 5.41) is 8.92. The molecule has 0 bridgehead atoms. The van der Waals surface area contributed by atoms with Gasteiger partial charge in [-0.05, 0) is 68.9 Å². The van der Waals surface area contributed by atoms with Gasteiger partial charge < -0.3 is 9.80 Å². The largest absolute Gasteiger partial charge is 0.416 e. The van der Waals surface area contributed by atoms with Crippen LogP contribution in [0.2, 0.25) is 0 Å². The molecule has 168 valence electrons. The zero-order chi connectivity index (χ0) is 22.9. The number of hydrogen-bond acceptors (Lipinski definition) is 4. The highest BCUT2D eigenvalue weighted by Gasteiger charge is 2.39. The first kappa shape index (κ1) is 22.1. The third-order valence-corrected chi connectivity index (χ3v) is 6.45. The monoisotopic (exact) mass is 442 g/mol. The van der Waals surface area contributed by atoms with E-state index in [1.54, 1.807) is 23.1 Å². The number of aromatic nitrogens is 1. The van der Waals surface area contributed by atoms with Crippen LogP contribution in [0.4, 0.5) is 24.7 Å². The van der Waals surface area contributed by atoms with Crippen LogP contribution < -0.4 is 9.80 Å². The molecule has 1 amide bonds. The summed E-state index contributed by atoms with van der Waals surface area (Å²) >= 11 is 0. The normalized spacial score (nSPS) is 18.2. The fraction of sp³-hybridized carbons (Fsp3) is 0.458. The van der Waals surface area contributed by atoms with Gasteiger partial charge in [0, 0.05) is 36.9 Å². The number of carbonyl (C=O) groups is 1. The van der Waals surface area contributed by atoms with Crippen molar-refractivity contribution in [2.24, 2.45) is 11.8 Å². The van der Waals surface area contributed by atoms with Crippen LogP contribution in [0.5, 0.6) is 0 Å². The minimum absolute atomic E-state index is 0.101. The molecule has 1 saturated heterocycles. The zero-order valence-corrected chi connectivity index (χ0v) is 17.8. The lowest BCUT2D eigenvalue weighted by molar-refractivity contribution is -0.137. The van der Waals surface area contributed by atoms with Crippen LogP contribution in [0.25, 0.3) is 0 Å². The number of nitrogens with zero attached hydrogens (tertiary/aromatic N) is 4. The molecule has 1 saturated carbocycles. The molecule has 0 N–H and O–H groups in total. The summed E-state index contributed by atoms with van der Waals surface area (Å²) in [5.41, 5.74) is 0.0718. The fourth-order valence-corrected chi connectivity index (χ4v) is 4.38. The van der Waals surface area contributed by atoms with Gasteiger partial charge in [0.2, 0.25) is 5.91 Å². The standard InChI is InChI=1S/C24H25F3N4O/c1-16(18-6-7-18)31(21-4-2-3-20(13-21)24(25,26)27)23(32)19-9-11-30(12-10-19)22-8-5-17(14-28)15-29-22/h2-5,8,13,15-16,18-19H,6-7,9-12H2,1H3. The van der Waals surface area contributed by atoms with Crippen LogP contribution in [0, 0.1) is 23.2 Å². The summed E-state index contributed by atoms with van der Waals surface area (Å²) in [5.74, 6) is 0.740. The van der Waals surface area contributed by atoms with Crippen LogP contribution in [0.15, 0.2) is 42.6 Å². The molecule has 1 aromatic carbocycles. The summed E-state index contributed by atoms with van der Waals surface area (Å²) in [6.45, 7) is 3.19. The van der Waals surface area contributed by atoms with Crippen molar-refractivity contribution < 1.29 is 18.0 Å². The summed E-state index contributed by atoms with van der Waals surface area (Å²) < 4.78 is 39.8. The van der Waals surface area contributed by atoms with E-state index in [1.807, 2.05) is 13.0 Å². The highest BCUT2D eigenvalue weighted by atomic mass is 19.4. The predicted molar refractivity (Wildman–Crippen MR) is 115 cm³/mol. The topological polar surface area (TPSA) is 60.2 Å². The number of nitriles is 1. The lowest BCUT2D eigenvalue weighted by Gasteiger charge is -2.37. The highest BCUT2D eigenvalue weighted by molar-refractivity contribution is 5.96. The second-order valence-electron chi connectivity index (χ2n) is 8.61. The first-order valence-electron chi connectivity index (χ1n) is 10.9. The lowest BCUT2D eigenvalue weighted by atomic mass is 9.93. The van der Waals surface area contributed by atoms with E-state index in [-0.39, 0.29) is 17.9 Å². The Morgan fingerprint density at radius 2 is 1.91 bits per heavy atom. The van der Waals surface area contributed by atoms with E-state index < -0.39 is 11.7 Å². The third kappa shape index (κ3) is 4.72. The van der Waals surface area contributed by atoms with Crippen LogP contribution in [0.1, 0.15) is 43.7 Å². The number of amides is 1. The van der Waals surface area contributed by atoms with Crippen LogP contribution in [0.3, 0.4) is 0 Å². The van der Waals surface area contributed by atoms with Crippen molar-refractivity contribution in [3.63, 3.8) is 0 Å². The Labute approximate surface area is 185 Å². The molecule has 1 aliphatic heterocycles. The molecule has 1 aliphatic carbocycles. The number of halogens is 3. The molecular formula is C24H25F3N4O. The molecule has 1 aromatic heterocycles. The van der Waals surface area contributed by atoms with Gasteiger partial charge in [-0.25, -0.2) is 4.98 Å². The molecule has 8 heteroatoms. The lowest BCUT2D eigenvalue weighted by Crippen LogP contribution is -2.47. The molecule has 2 heterocycles. The third-order valence-electron chi connectivity index (χ3n) is 6.45. The molecule has 32 heavy (non-hydrogen) atoms. The predicted octanol–water partition coefficient (Wildman–Crippen LogP) is 5.02. The molecule has 5 nitrogen and oxygen atoms in total. The fourth-order valence-electron chi connectivity index (χ4n) is 4.38. The first-order chi connectivity index (χ1) is 15.3. The van der Waals surface area contributed by atoms with Crippen molar-refractivity contribution in [3.05, 3.63) is 53.7 Å². The van der Waals surface area contributed by atoms with Gasteiger partial charge in [0.1, 0.15) is 11.9 Å². The Hall–Kier alpha value is -3.08. The van der Waals surface area contributed by atoms with E-state index in [0.29, 0.717) is 43.1 Å². The van der Waals surface area contributed by atoms with Crippen molar-refractivity contribution in [1.29, 1.82) is 5.26 Å². The van der Waals surface area contributed by atoms with E-state index >= 15 is 0 Å². The van der Waals surface area contributed by atoms with Gasteiger partial charge in [-0.2, -0.15) is 18.4 Å². The van der Waals surface area contributed by atoms with Crippen molar-refractivity contribution in [2.75, 3.05) is 22.9 Å². The molecule has 1 unspecified atom stereocenters. The summed E-state index contributed by atoms with van der Waals surface area (Å²) in [4.78, 5) is 21.5. The Balaban J connectivity index is 1.50. The van der Waals surface area contributed by atoms with Gasteiger partial charge in [-0.3, -0.25) is 4.79 Å². The maximum Gasteiger partial charge on any atom is 0.416 e. The second-order valence-corrected chi connectivity index (χ2v) is 8.61. The molecule has 0 spiro atoms. The first-order valence-corrected chi connectivity index (χ1v) is 10.9. The quantitative estimate of drug-likeness (QED) is 0.652. The number of anilines is 2. The van der Waals surface area contributed by atoms with Gasteiger partial charge in [-0.1, -0.05) is 6.07 Å². The van der Waals surface area contributed by atoms with E-state index in [1.165, 1.54) is 12.3 Å². The van der Waals surface area contributed by atoms with Gasteiger partial charge in [0.15, 0.2) is 0 Å². The van der Waals surface area contributed by atoms with Crippen LogP contribution in [-0.4, -0.2) is 30.0 Å². The Kier molecular flexibility index (Phi) is 6.09. The van der Waals surface area contributed by atoms with E-state index in [2.05, 4.69) is 9.88 Å². The van der Waals surface area contributed by atoms with Crippen molar-refractivity contribution in [1.82, 2.24) is 4.98 Å². The summed E-state index contributed by atoms with van der Waals surface area (Å²) in [7, 11) is 0. The van der Waals surface area contributed by atoms with E-state index in [0.717, 1.165) is 30.8 Å². The average Bonchev–Trinajstić information content (AvgIpc) is 3.64. The molecule has 2 aromatic rings. The Morgan fingerprint density at radius 3 is 2.47 bits per heavy atom. The van der Waals surface area contributed by atoms with Gasteiger partial charge in [0.05, 0.1) is 11.1 Å². The smallest absolute Gasteiger partial charge is 0.357 e. The number of pyridine rings is 1. The molecular weight excluding hydrogens is 417 g/mol. The molecule has 1 atom stereocenters. The SMILES string of the molecule is CC(C1CC1)N(C(=O)C1CCN(c2ccc(C#N)cn2)CC1)c1cccc(C(F)(F)F)c1. The number of rotatable bonds is 5.